The number of nitrogens with zero attached hydrogens (tertiary/aromatic N) is 1. The first-order chi connectivity index (χ1) is 9.10. The molecule has 5 heteroatoms. The lowest BCUT2D eigenvalue weighted by Crippen LogP contribution is -2.17. The van der Waals surface area contributed by atoms with E-state index in [9.17, 15) is 9.90 Å². The number of anilines is 1. The number of halogens is 1. The second kappa shape index (κ2) is 5.93. The average molecular weight is 323 g/mol. The van der Waals surface area contributed by atoms with Crippen LogP contribution >= 0.6 is 15.9 Å². The van der Waals surface area contributed by atoms with Gasteiger partial charge < -0.3 is 15.0 Å². The Labute approximate surface area is 119 Å². The van der Waals surface area contributed by atoms with Gasteiger partial charge in [-0.1, -0.05) is 15.9 Å². The summed E-state index contributed by atoms with van der Waals surface area (Å²) in [6.45, 7) is 3.05. The molecule has 0 radical (unpaired) electrons. The van der Waals surface area contributed by atoms with Crippen LogP contribution in [0.5, 0.6) is 5.75 Å². The van der Waals surface area contributed by atoms with Gasteiger partial charge in [-0.2, -0.15) is 0 Å². The molecule has 0 aliphatic rings. The average Bonchev–Trinajstić information content (AvgIpc) is 2.41. The zero-order chi connectivity index (χ0) is 13.8. The Hall–Kier alpha value is -1.75. The second-order valence-electron chi connectivity index (χ2n) is 4.17. The molecule has 2 N–H and O–H groups in total. The highest BCUT2D eigenvalue weighted by atomic mass is 79.9. The van der Waals surface area contributed by atoms with Gasteiger partial charge in [-0.05, 0) is 31.2 Å². The van der Waals surface area contributed by atoms with Crippen LogP contribution in [0.4, 0.5) is 5.69 Å². The number of phenols is 1. The molecule has 19 heavy (non-hydrogen) atoms. The van der Waals surface area contributed by atoms with Crippen molar-refractivity contribution < 1.29 is 5.11 Å². The predicted octanol–water partition coefficient (Wildman–Crippen LogP) is 2.95. The van der Waals surface area contributed by atoms with Crippen LogP contribution in [0, 0.1) is 0 Å². The number of pyridine rings is 1. The van der Waals surface area contributed by atoms with E-state index in [0.717, 1.165) is 15.7 Å². The third kappa shape index (κ3) is 3.38. The molecule has 2 aromatic rings. The fourth-order valence-corrected chi connectivity index (χ4v) is 2.18. The first-order valence-electron chi connectivity index (χ1n) is 6.02. The van der Waals surface area contributed by atoms with Gasteiger partial charge in [0.05, 0.1) is 5.69 Å². The number of nitrogens with one attached hydrogen (secondary N) is 1. The minimum atomic E-state index is -0.0154. The van der Waals surface area contributed by atoms with E-state index in [-0.39, 0.29) is 11.3 Å². The fraction of sp³-hybridized carbons (Fsp3) is 0.214. The zero-order valence-electron chi connectivity index (χ0n) is 10.6. The van der Waals surface area contributed by atoms with Crippen molar-refractivity contribution in [3.05, 3.63) is 56.9 Å². The van der Waals surface area contributed by atoms with E-state index < -0.39 is 0 Å². The van der Waals surface area contributed by atoms with Crippen molar-refractivity contribution in [3.63, 3.8) is 0 Å². The minimum absolute atomic E-state index is 0.0154. The first kappa shape index (κ1) is 13.7. The van der Waals surface area contributed by atoms with Crippen molar-refractivity contribution in [1.82, 2.24) is 4.57 Å². The number of hydrogen-bond donors (Lipinski definition) is 2. The summed E-state index contributed by atoms with van der Waals surface area (Å²) in [5, 5.41) is 12.9. The zero-order valence-corrected chi connectivity index (χ0v) is 12.1. The molecule has 0 amide bonds. The van der Waals surface area contributed by atoms with Crippen molar-refractivity contribution in [2.75, 3.05) is 5.32 Å². The molecule has 0 fully saturated rings. The van der Waals surface area contributed by atoms with Crippen LogP contribution in [-0.4, -0.2) is 9.67 Å². The molecular weight excluding hydrogens is 308 g/mol. The lowest BCUT2D eigenvalue weighted by Gasteiger charge is -2.10. The lowest BCUT2D eigenvalue weighted by molar-refractivity contribution is 0.469. The van der Waals surface area contributed by atoms with Crippen LogP contribution < -0.4 is 10.9 Å². The molecule has 1 aromatic heterocycles. The number of aromatic hydroxyl groups is 1. The molecule has 0 aliphatic heterocycles. The SMILES string of the molecule is CCn1cc(NCc2cc(Br)ccc2O)ccc1=O. The molecule has 0 saturated heterocycles. The molecule has 1 aromatic carbocycles. The van der Waals surface area contributed by atoms with Crippen molar-refractivity contribution in [1.29, 1.82) is 0 Å². The van der Waals surface area contributed by atoms with Gasteiger partial charge in [0.15, 0.2) is 0 Å². The molecule has 0 spiro atoms. The topological polar surface area (TPSA) is 54.3 Å². The van der Waals surface area contributed by atoms with Gasteiger partial charge in [0, 0.05) is 35.4 Å². The summed E-state index contributed by atoms with van der Waals surface area (Å²) in [5.41, 5.74) is 1.63. The molecule has 0 bridgehead atoms. The molecule has 4 nitrogen and oxygen atoms in total. The van der Waals surface area contributed by atoms with Gasteiger partial charge in [-0.3, -0.25) is 4.79 Å². The monoisotopic (exact) mass is 322 g/mol. The fourth-order valence-electron chi connectivity index (χ4n) is 1.78. The van der Waals surface area contributed by atoms with Crippen molar-refractivity contribution in [3.8, 4) is 5.75 Å². The highest BCUT2D eigenvalue weighted by Gasteiger charge is 2.02. The van der Waals surface area contributed by atoms with E-state index in [2.05, 4.69) is 21.2 Å². The number of rotatable bonds is 4. The molecule has 0 atom stereocenters. The minimum Gasteiger partial charge on any atom is -0.508 e. The number of aryl methyl sites for hydroxylation is 1. The summed E-state index contributed by atoms with van der Waals surface area (Å²) >= 11 is 3.37. The Morgan fingerprint density at radius 2 is 2.11 bits per heavy atom. The maximum Gasteiger partial charge on any atom is 0.250 e. The van der Waals surface area contributed by atoms with Crippen molar-refractivity contribution in [2.24, 2.45) is 0 Å². The van der Waals surface area contributed by atoms with Gasteiger partial charge >= 0.3 is 0 Å². The Morgan fingerprint density at radius 3 is 2.84 bits per heavy atom. The Balaban J connectivity index is 2.14. The Morgan fingerprint density at radius 1 is 1.32 bits per heavy atom. The molecule has 0 aliphatic carbocycles. The Kier molecular flexibility index (Phi) is 4.27. The molecule has 100 valence electrons. The second-order valence-corrected chi connectivity index (χ2v) is 5.08. The third-order valence-corrected chi connectivity index (χ3v) is 3.34. The summed E-state index contributed by atoms with van der Waals surface area (Å²) in [5.74, 6) is 0.250. The molecule has 1 heterocycles. The number of benzene rings is 1. The quantitative estimate of drug-likeness (QED) is 0.910. The number of hydrogen-bond acceptors (Lipinski definition) is 3. The van der Waals surface area contributed by atoms with Crippen LogP contribution in [-0.2, 0) is 13.1 Å². The van der Waals surface area contributed by atoms with E-state index in [1.165, 1.54) is 6.07 Å². The summed E-state index contributed by atoms with van der Waals surface area (Å²) in [6, 6.07) is 8.57. The van der Waals surface area contributed by atoms with Crippen molar-refractivity contribution >= 4 is 21.6 Å². The third-order valence-electron chi connectivity index (χ3n) is 2.85. The van der Waals surface area contributed by atoms with E-state index in [4.69, 9.17) is 0 Å². The smallest absolute Gasteiger partial charge is 0.250 e. The van der Waals surface area contributed by atoms with Gasteiger partial charge in [-0.15, -0.1) is 0 Å². The molecule has 0 unspecified atom stereocenters. The van der Waals surface area contributed by atoms with Crippen molar-refractivity contribution in [2.45, 2.75) is 20.0 Å². The summed E-state index contributed by atoms with van der Waals surface area (Å²) in [6.07, 6.45) is 1.78. The van der Waals surface area contributed by atoms with Crippen LogP contribution in [0.1, 0.15) is 12.5 Å². The summed E-state index contributed by atoms with van der Waals surface area (Å²) in [4.78, 5) is 11.5. The first-order valence-corrected chi connectivity index (χ1v) is 6.81. The van der Waals surface area contributed by atoms with Crippen LogP contribution in [0.2, 0.25) is 0 Å². The molecule has 2 rings (SSSR count). The largest absolute Gasteiger partial charge is 0.508 e. The lowest BCUT2D eigenvalue weighted by atomic mass is 10.2. The molecule has 0 saturated carbocycles. The highest BCUT2D eigenvalue weighted by Crippen LogP contribution is 2.22. The predicted molar refractivity (Wildman–Crippen MR) is 79.5 cm³/mol. The standard InChI is InChI=1S/C14H15BrN2O2/c1-2-17-9-12(4-6-14(17)19)16-8-10-7-11(15)3-5-13(10)18/h3-7,9,16,18H,2,8H2,1H3. The van der Waals surface area contributed by atoms with Gasteiger partial charge in [0.2, 0.25) is 0 Å². The van der Waals surface area contributed by atoms with Crippen LogP contribution in [0.3, 0.4) is 0 Å². The number of phenolic OH excluding ortho intramolecular Hbond substituents is 1. The summed E-state index contributed by atoms with van der Waals surface area (Å²) < 4.78 is 2.55. The maximum atomic E-state index is 11.5. The van der Waals surface area contributed by atoms with E-state index >= 15 is 0 Å². The van der Waals surface area contributed by atoms with Gasteiger partial charge in [0.1, 0.15) is 5.75 Å². The van der Waals surface area contributed by atoms with E-state index in [0.29, 0.717) is 13.1 Å². The van der Waals surface area contributed by atoms with Gasteiger partial charge in [0.25, 0.3) is 5.56 Å². The molecular formula is C14H15BrN2O2. The summed E-state index contributed by atoms with van der Waals surface area (Å²) in [7, 11) is 0. The Bertz CT molecular complexity index is 638. The number of aromatic nitrogens is 1. The van der Waals surface area contributed by atoms with Crippen LogP contribution in [0.15, 0.2) is 45.8 Å². The van der Waals surface area contributed by atoms with E-state index in [1.807, 2.05) is 13.0 Å². The van der Waals surface area contributed by atoms with Gasteiger partial charge in [-0.25, -0.2) is 0 Å². The van der Waals surface area contributed by atoms with E-state index in [1.54, 1.807) is 29.0 Å². The maximum absolute atomic E-state index is 11.5. The highest BCUT2D eigenvalue weighted by molar-refractivity contribution is 9.10. The van der Waals surface area contributed by atoms with Crippen LogP contribution in [0.25, 0.3) is 0 Å². The normalized spacial score (nSPS) is 10.4.